The van der Waals surface area contributed by atoms with Gasteiger partial charge in [0.1, 0.15) is 6.54 Å². The molecule has 27 heavy (non-hydrogen) atoms. The van der Waals surface area contributed by atoms with Crippen LogP contribution in [-0.4, -0.2) is 52.7 Å². The first kappa shape index (κ1) is 18.7. The summed E-state index contributed by atoms with van der Waals surface area (Å²) in [5.74, 6) is -2.43. The van der Waals surface area contributed by atoms with Crippen molar-refractivity contribution in [2.75, 3.05) is 24.5 Å². The summed E-state index contributed by atoms with van der Waals surface area (Å²) in [4.78, 5) is 54.2. The number of carboxylic acids is 1. The van der Waals surface area contributed by atoms with Gasteiger partial charge in [0.15, 0.2) is 0 Å². The first-order valence-electron chi connectivity index (χ1n) is 8.23. The van der Waals surface area contributed by atoms with Crippen LogP contribution in [-0.2, 0) is 14.4 Å². The van der Waals surface area contributed by atoms with Crippen LogP contribution in [0.4, 0.5) is 10.5 Å². The summed E-state index contributed by atoms with van der Waals surface area (Å²) >= 11 is 0.597. The maximum absolute atomic E-state index is 13.0. The molecule has 1 fully saturated rings. The number of carboxylic acid groups (broad SMARTS) is 1. The van der Waals surface area contributed by atoms with Gasteiger partial charge in [-0.2, -0.15) is 0 Å². The van der Waals surface area contributed by atoms with Gasteiger partial charge in [-0.05, 0) is 24.2 Å². The van der Waals surface area contributed by atoms with Gasteiger partial charge < -0.3 is 10.0 Å². The molecule has 1 aromatic carbocycles. The number of fused-ring (bicyclic) bond motifs is 1. The van der Waals surface area contributed by atoms with Crippen molar-refractivity contribution >= 4 is 46.0 Å². The van der Waals surface area contributed by atoms with Gasteiger partial charge in [0.2, 0.25) is 0 Å². The molecule has 0 aromatic heterocycles. The Hall–Kier alpha value is -3.12. The highest BCUT2D eigenvalue weighted by molar-refractivity contribution is 8.18. The second kappa shape index (κ2) is 7.63. The fourth-order valence-electron chi connectivity index (χ4n) is 3.02. The molecule has 3 rings (SSSR count). The Morgan fingerprint density at radius 1 is 1.11 bits per heavy atom. The van der Waals surface area contributed by atoms with Crippen LogP contribution in [0.15, 0.2) is 29.2 Å². The number of hydrogen-bond acceptors (Lipinski definition) is 5. The summed E-state index contributed by atoms with van der Waals surface area (Å²) < 4.78 is 0. The number of rotatable bonds is 6. The van der Waals surface area contributed by atoms with Crippen LogP contribution in [0.1, 0.15) is 18.4 Å². The van der Waals surface area contributed by atoms with Crippen LogP contribution in [0.5, 0.6) is 0 Å². The summed E-state index contributed by atoms with van der Waals surface area (Å²) in [5.41, 5.74) is 1.37. The predicted octanol–water partition coefficient (Wildman–Crippen LogP) is 2.27. The summed E-state index contributed by atoms with van der Waals surface area (Å²) in [6.07, 6.45) is 1.39. The molecule has 1 saturated heterocycles. The zero-order valence-electron chi connectivity index (χ0n) is 14.3. The standard InChI is InChI=1S/C18H15N3O5S/c1-19-8-4-5-9-20-12-7-3-2-6-11(12)14(16(20)24)15-17(25)21(10-13(22)23)18(26)27-15/h1-3,6-7H,4-5,8-10H2/p+1/b15-14-. The van der Waals surface area contributed by atoms with Crippen molar-refractivity contribution in [2.24, 2.45) is 0 Å². The normalized spacial score (nSPS) is 18.9. The lowest BCUT2D eigenvalue weighted by Crippen LogP contribution is -2.34. The minimum Gasteiger partial charge on any atom is -0.480 e. The summed E-state index contributed by atoms with van der Waals surface area (Å²) in [7, 11) is 0. The average molecular weight is 386 g/mol. The Bertz CT molecular complexity index is 918. The van der Waals surface area contributed by atoms with E-state index in [0.29, 0.717) is 53.8 Å². The van der Waals surface area contributed by atoms with E-state index in [2.05, 4.69) is 4.85 Å². The number of imide groups is 1. The fourth-order valence-corrected chi connectivity index (χ4v) is 3.94. The maximum atomic E-state index is 13.0. The van der Waals surface area contributed by atoms with Crippen molar-refractivity contribution in [3.8, 4) is 6.57 Å². The van der Waals surface area contributed by atoms with Gasteiger partial charge >= 0.3 is 5.97 Å². The molecule has 0 saturated carbocycles. The van der Waals surface area contributed by atoms with Crippen molar-refractivity contribution in [1.29, 1.82) is 0 Å². The third kappa shape index (κ3) is 3.44. The third-order valence-electron chi connectivity index (χ3n) is 4.21. The highest BCUT2D eigenvalue weighted by Gasteiger charge is 2.43. The Morgan fingerprint density at radius 2 is 1.85 bits per heavy atom. The zero-order valence-corrected chi connectivity index (χ0v) is 15.1. The molecule has 8 nitrogen and oxygen atoms in total. The first-order chi connectivity index (χ1) is 13.0. The van der Waals surface area contributed by atoms with E-state index in [0.717, 1.165) is 0 Å². The molecule has 0 bridgehead atoms. The van der Waals surface area contributed by atoms with Gasteiger partial charge in [0, 0.05) is 18.5 Å². The SMILES string of the molecule is C#[N+]CCCCN1C(=O)/C(=C2\SC(=O)N(CC(=O)O)C2=O)c2ccccc21. The molecule has 0 spiro atoms. The Morgan fingerprint density at radius 3 is 2.56 bits per heavy atom. The number of para-hydroxylation sites is 1. The number of anilines is 1. The van der Waals surface area contributed by atoms with Crippen LogP contribution in [0.2, 0.25) is 0 Å². The number of aliphatic carboxylic acids is 1. The van der Waals surface area contributed by atoms with Gasteiger partial charge in [-0.3, -0.25) is 24.1 Å². The van der Waals surface area contributed by atoms with E-state index >= 15 is 0 Å². The van der Waals surface area contributed by atoms with Gasteiger partial charge in [-0.25, -0.2) is 0 Å². The molecule has 1 N–H and O–H groups in total. The highest BCUT2D eigenvalue weighted by Crippen LogP contribution is 2.44. The lowest BCUT2D eigenvalue weighted by atomic mass is 10.1. The second-order valence-corrected chi connectivity index (χ2v) is 6.91. The second-order valence-electron chi connectivity index (χ2n) is 5.94. The number of carbonyl (C=O) groups excluding carboxylic acids is 3. The van der Waals surface area contributed by atoms with Crippen LogP contribution < -0.4 is 4.90 Å². The van der Waals surface area contributed by atoms with Crippen molar-refractivity contribution < 1.29 is 24.3 Å². The Balaban J connectivity index is 1.96. The third-order valence-corrected chi connectivity index (χ3v) is 5.19. The van der Waals surface area contributed by atoms with E-state index in [-0.39, 0.29) is 16.4 Å². The molecule has 3 amide bonds. The van der Waals surface area contributed by atoms with Gasteiger partial charge in [0.05, 0.1) is 16.2 Å². The Kier molecular flexibility index (Phi) is 5.28. The quantitative estimate of drug-likeness (QED) is 0.595. The van der Waals surface area contributed by atoms with Crippen LogP contribution in [0.3, 0.4) is 0 Å². The van der Waals surface area contributed by atoms with Crippen LogP contribution >= 0.6 is 11.8 Å². The van der Waals surface area contributed by atoms with E-state index < -0.39 is 23.7 Å². The molecular weight excluding hydrogens is 370 g/mol. The van der Waals surface area contributed by atoms with E-state index in [1.54, 1.807) is 29.2 Å². The zero-order chi connectivity index (χ0) is 19.6. The summed E-state index contributed by atoms with van der Waals surface area (Å²) in [5, 5.41) is 8.19. The fraction of sp³-hybridized carbons (Fsp3) is 0.278. The van der Waals surface area contributed by atoms with Crippen LogP contribution in [0, 0.1) is 6.57 Å². The molecular formula is C18H16N3O5S+. The Labute approximate surface area is 159 Å². The van der Waals surface area contributed by atoms with Crippen molar-refractivity contribution in [3.05, 3.63) is 39.6 Å². The van der Waals surface area contributed by atoms with Crippen molar-refractivity contribution in [1.82, 2.24) is 4.90 Å². The number of benzene rings is 1. The number of hydrogen-bond donors (Lipinski definition) is 1. The number of unbranched alkanes of at least 4 members (excludes halogenated alkanes) is 1. The molecule has 9 heteroatoms. The van der Waals surface area contributed by atoms with Crippen molar-refractivity contribution in [3.63, 3.8) is 0 Å². The average Bonchev–Trinajstić information content (AvgIpc) is 3.06. The van der Waals surface area contributed by atoms with Gasteiger partial charge in [-0.1, -0.05) is 23.0 Å². The minimum absolute atomic E-state index is 0.0295. The van der Waals surface area contributed by atoms with E-state index in [1.807, 2.05) is 0 Å². The number of carbonyl (C=O) groups is 4. The molecule has 2 aliphatic heterocycles. The number of amides is 3. The molecule has 0 atom stereocenters. The largest absolute Gasteiger partial charge is 0.480 e. The lowest BCUT2D eigenvalue weighted by molar-refractivity contribution is -0.140. The molecule has 138 valence electrons. The van der Waals surface area contributed by atoms with Crippen LogP contribution in [0.25, 0.3) is 10.4 Å². The number of nitrogens with zero attached hydrogens (tertiary/aromatic N) is 3. The number of thioether (sulfide) groups is 1. The molecule has 0 aliphatic carbocycles. The summed E-state index contributed by atoms with van der Waals surface area (Å²) in [6.45, 7) is 5.31. The molecule has 0 unspecified atom stereocenters. The van der Waals surface area contributed by atoms with Crippen molar-refractivity contribution in [2.45, 2.75) is 12.8 Å². The maximum Gasteiger partial charge on any atom is 0.323 e. The van der Waals surface area contributed by atoms with Gasteiger partial charge in [-0.15, -0.1) is 0 Å². The molecule has 2 heterocycles. The molecule has 1 aromatic rings. The van der Waals surface area contributed by atoms with E-state index in [4.69, 9.17) is 11.7 Å². The molecule has 0 radical (unpaired) electrons. The topological polar surface area (TPSA) is 99.3 Å². The smallest absolute Gasteiger partial charge is 0.323 e. The summed E-state index contributed by atoms with van der Waals surface area (Å²) in [6, 6.07) is 7.01. The highest BCUT2D eigenvalue weighted by atomic mass is 32.2. The lowest BCUT2D eigenvalue weighted by Gasteiger charge is -2.16. The molecule has 2 aliphatic rings. The first-order valence-corrected chi connectivity index (χ1v) is 9.05. The monoisotopic (exact) mass is 386 g/mol. The minimum atomic E-state index is -1.30. The van der Waals surface area contributed by atoms with E-state index in [9.17, 15) is 19.2 Å². The van der Waals surface area contributed by atoms with Gasteiger partial charge in [0.25, 0.3) is 30.2 Å². The predicted molar refractivity (Wildman–Crippen MR) is 100 cm³/mol. The van der Waals surface area contributed by atoms with E-state index in [1.165, 1.54) is 0 Å².